The van der Waals surface area contributed by atoms with E-state index in [-0.39, 0.29) is 17.6 Å². The Hall–Kier alpha value is -4.83. The van der Waals surface area contributed by atoms with Crippen LogP contribution in [0.4, 0.5) is 10.1 Å². The Morgan fingerprint density at radius 2 is 1.80 bits per heavy atom. The van der Waals surface area contributed by atoms with Crippen LogP contribution in [0.3, 0.4) is 0 Å². The van der Waals surface area contributed by atoms with Crippen molar-refractivity contribution in [2.75, 3.05) is 25.5 Å². The number of carbonyl (C=O) groups excluding carboxylic acids is 2. The maximum absolute atomic E-state index is 13.8. The second kappa shape index (κ2) is 12.3. The minimum absolute atomic E-state index is 0.317. The largest absolute Gasteiger partial charge is 0.478 e. The van der Waals surface area contributed by atoms with Gasteiger partial charge >= 0.3 is 5.97 Å². The van der Waals surface area contributed by atoms with Gasteiger partial charge in [0.2, 0.25) is 0 Å². The third kappa shape index (κ3) is 6.10. The lowest BCUT2D eigenvalue weighted by molar-refractivity contribution is -0.131. The second-order valence-electron chi connectivity index (χ2n) is 12.2. The van der Waals surface area contributed by atoms with Crippen LogP contribution in [0.15, 0.2) is 66.9 Å². The molecule has 2 aromatic carbocycles. The highest BCUT2D eigenvalue weighted by atomic mass is 19.1. The monoisotopic (exact) mass is 609 g/mol. The van der Waals surface area contributed by atoms with Crippen LogP contribution in [0.1, 0.15) is 59.5 Å². The minimum Gasteiger partial charge on any atom is -0.478 e. The van der Waals surface area contributed by atoms with Crippen molar-refractivity contribution < 1.29 is 23.9 Å². The summed E-state index contributed by atoms with van der Waals surface area (Å²) in [5.41, 5.74) is 4.22. The van der Waals surface area contributed by atoms with E-state index in [4.69, 9.17) is 5.11 Å². The van der Waals surface area contributed by atoms with Crippen LogP contribution in [0, 0.1) is 5.82 Å². The molecule has 1 atom stereocenters. The minimum atomic E-state index is -1.14. The quantitative estimate of drug-likeness (QED) is 0.225. The number of halogens is 1. The number of benzene rings is 2. The van der Waals surface area contributed by atoms with E-state index in [0.717, 1.165) is 48.4 Å². The molecule has 4 aromatic rings. The number of carbonyl (C=O) groups is 3. The number of hydrogen-bond donors (Lipinski definition) is 3. The molecule has 2 aromatic heterocycles. The van der Waals surface area contributed by atoms with Gasteiger partial charge in [0.25, 0.3) is 11.8 Å². The number of amides is 2. The zero-order valence-electron chi connectivity index (χ0n) is 25.3. The number of likely N-dealkylation sites (tertiary alicyclic amines) is 1. The zero-order valence-corrected chi connectivity index (χ0v) is 25.3. The van der Waals surface area contributed by atoms with Gasteiger partial charge in [0.15, 0.2) is 0 Å². The van der Waals surface area contributed by atoms with Gasteiger partial charge in [-0.05, 0) is 85.8 Å². The van der Waals surface area contributed by atoms with E-state index in [1.807, 2.05) is 41.8 Å². The average Bonchev–Trinajstić information content (AvgIpc) is 3.76. The number of likely N-dealkylation sites (N-methyl/N-ethyl adjacent to an activating group) is 1. The molecule has 0 unspecified atom stereocenters. The fourth-order valence-corrected chi connectivity index (χ4v) is 6.79. The van der Waals surface area contributed by atoms with Crippen molar-refractivity contribution in [3.63, 3.8) is 0 Å². The third-order valence-electron chi connectivity index (χ3n) is 9.07. The lowest BCUT2D eigenvalue weighted by Crippen LogP contribution is -2.58. The van der Waals surface area contributed by atoms with Crippen LogP contribution in [0.25, 0.3) is 28.4 Å². The van der Waals surface area contributed by atoms with Crippen molar-refractivity contribution in [3.05, 3.63) is 89.4 Å². The Bertz CT molecular complexity index is 1790. The Labute approximate surface area is 260 Å². The molecule has 6 rings (SSSR count). The summed E-state index contributed by atoms with van der Waals surface area (Å²) in [6, 6.07) is 15.6. The lowest BCUT2D eigenvalue weighted by atomic mass is 9.92. The number of anilines is 1. The van der Waals surface area contributed by atoms with E-state index >= 15 is 0 Å². The Morgan fingerprint density at radius 1 is 1.04 bits per heavy atom. The predicted octanol–water partition coefficient (Wildman–Crippen LogP) is 5.58. The first-order valence-electron chi connectivity index (χ1n) is 15.2. The molecule has 2 aliphatic rings. The second-order valence-corrected chi connectivity index (χ2v) is 12.2. The highest BCUT2D eigenvalue weighted by Gasteiger charge is 2.45. The van der Waals surface area contributed by atoms with Gasteiger partial charge in [0.1, 0.15) is 11.4 Å². The van der Waals surface area contributed by atoms with Crippen molar-refractivity contribution in [1.29, 1.82) is 0 Å². The first kappa shape index (κ1) is 30.2. The first-order chi connectivity index (χ1) is 21.6. The summed E-state index contributed by atoms with van der Waals surface area (Å²) < 4.78 is 15.8. The average molecular weight is 610 g/mol. The third-order valence-corrected chi connectivity index (χ3v) is 9.07. The van der Waals surface area contributed by atoms with E-state index in [1.165, 1.54) is 23.9 Å². The summed E-state index contributed by atoms with van der Waals surface area (Å²) in [5.74, 6) is -1.73. The molecule has 2 fully saturated rings. The number of nitrogens with one attached hydrogen (secondary N) is 2. The smallest absolute Gasteiger partial charge is 0.328 e. The van der Waals surface area contributed by atoms with Crippen LogP contribution in [-0.2, 0) is 16.6 Å². The van der Waals surface area contributed by atoms with Gasteiger partial charge in [-0.15, -0.1) is 0 Å². The number of aromatic nitrogens is 2. The van der Waals surface area contributed by atoms with Gasteiger partial charge in [-0.3, -0.25) is 14.6 Å². The molecule has 10 heteroatoms. The molecule has 0 bridgehead atoms. The molecule has 3 N–H and O–H groups in total. The van der Waals surface area contributed by atoms with Crippen molar-refractivity contribution >= 4 is 40.4 Å². The molecular weight excluding hydrogens is 573 g/mol. The van der Waals surface area contributed by atoms with E-state index in [9.17, 15) is 18.8 Å². The number of hydrogen-bond acceptors (Lipinski definition) is 5. The van der Waals surface area contributed by atoms with Gasteiger partial charge in [0, 0.05) is 48.4 Å². The normalized spacial score (nSPS) is 19.0. The highest BCUT2D eigenvalue weighted by molar-refractivity contribution is 6.06. The van der Waals surface area contributed by atoms with Crippen LogP contribution in [-0.4, -0.2) is 63.0 Å². The number of nitrogens with zero attached hydrogens (tertiary/aromatic N) is 3. The van der Waals surface area contributed by atoms with Crippen LogP contribution < -0.4 is 10.6 Å². The van der Waals surface area contributed by atoms with E-state index in [1.54, 1.807) is 30.3 Å². The van der Waals surface area contributed by atoms with Crippen molar-refractivity contribution in [3.8, 4) is 11.4 Å². The first-order valence-corrected chi connectivity index (χ1v) is 15.2. The summed E-state index contributed by atoms with van der Waals surface area (Å²) in [7, 11) is 3.86. The molecular formula is C35H36FN5O4. The number of pyridine rings is 1. The molecule has 1 aliphatic carbocycles. The summed E-state index contributed by atoms with van der Waals surface area (Å²) in [4.78, 5) is 44.8. The molecule has 1 aliphatic heterocycles. The Balaban J connectivity index is 1.29. The number of rotatable bonds is 8. The van der Waals surface area contributed by atoms with Crippen molar-refractivity contribution in [2.24, 2.45) is 7.05 Å². The topological polar surface area (TPSA) is 117 Å². The highest BCUT2D eigenvalue weighted by Crippen LogP contribution is 2.44. The fourth-order valence-electron chi connectivity index (χ4n) is 6.79. The van der Waals surface area contributed by atoms with Crippen LogP contribution in [0.2, 0.25) is 0 Å². The predicted molar refractivity (Wildman–Crippen MR) is 171 cm³/mol. The van der Waals surface area contributed by atoms with Crippen molar-refractivity contribution in [1.82, 2.24) is 19.8 Å². The summed E-state index contributed by atoms with van der Waals surface area (Å²) >= 11 is 0. The molecule has 9 nitrogen and oxygen atoms in total. The summed E-state index contributed by atoms with van der Waals surface area (Å²) in [6.45, 7) is 0.991. The van der Waals surface area contributed by atoms with E-state index in [2.05, 4.69) is 15.6 Å². The van der Waals surface area contributed by atoms with Gasteiger partial charge in [-0.2, -0.15) is 0 Å². The van der Waals surface area contributed by atoms with E-state index in [0.29, 0.717) is 47.9 Å². The zero-order chi connectivity index (χ0) is 31.7. The molecule has 2 amide bonds. The molecule has 3 heterocycles. The SMILES string of the molecule is CN1CC[C@@](NC(=O)c2ccc3c(C4CCCC4)c(-c4ccc(F)cn4)n(C)c3c2)(C(=O)Nc2ccc(/C=C/C(=O)O)cc2)C1. The van der Waals surface area contributed by atoms with Gasteiger partial charge < -0.3 is 25.2 Å². The maximum Gasteiger partial charge on any atom is 0.328 e. The molecule has 232 valence electrons. The van der Waals surface area contributed by atoms with Crippen LogP contribution >= 0.6 is 0 Å². The van der Waals surface area contributed by atoms with Gasteiger partial charge in [0.05, 0.1) is 17.6 Å². The molecule has 1 saturated heterocycles. The van der Waals surface area contributed by atoms with Crippen LogP contribution in [0.5, 0.6) is 0 Å². The maximum atomic E-state index is 13.8. The Morgan fingerprint density at radius 3 is 2.44 bits per heavy atom. The summed E-state index contributed by atoms with van der Waals surface area (Å²) in [5, 5.41) is 15.9. The molecule has 0 spiro atoms. The molecule has 1 saturated carbocycles. The number of carboxylic acid groups (broad SMARTS) is 1. The summed E-state index contributed by atoms with van der Waals surface area (Å²) in [6.07, 6.45) is 8.66. The fraction of sp³-hybridized carbons (Fsp3) is 0.314. The van der Waals surface area contributed by atoms with E-state index < -0.39 is 11.5 Å². The number of carboxylic acids is 1. The van der Waals surface area contributed by atoms with Gasteiger partial charge in [-0.25, -0.2) is 9.18 Å². The molecule has 0 radical (unpaired) electrons. The van der Waals surface area contributed by atoms with Crippen molar-refractivity contribution in [2.45, 2.75) is 43.6 Å². The number of aliphatic carboxylic acids is 1. The number of fused-ring (bicyclic) bond motifs is 1. The Kier molecular flexibility index (Phi) is 8.24. The van der Waals surface area contributed by atoms with Gasteiger partial charge in [-0.1, -0.05) is 31.0 Å². The standard InChI is InChI=1S/C35H36FN5O4/c1-40-18-17-35(21-40,34(45)38-26-12-7-22(8-13-26)9-16-30(42)43)39-33(44)24-10-14-27-29(19-24)41(2)32(28-15-11-25(36)20-37-28)31(27)23-5-3-4-6-23/h7-16,19-20,23H,3-6,17-18,21H2,1-2H3,(H,38,45)(H,39,44)(H,42,43)/b16-9+/t35-/m0/s1. The number of aryl methyl sites for hydroxylation is 1. The lowest BCUT2D eigenvalue weighted by Gasteiger charge is -2.29. The molecule has 45 heavy (non-hydrogen) atoms.